The van der Waals surface area contributed by atoms with Crippen molar-refractivity contribution in [1.82, 2.24) is 10.0 Å². The first-order chi connectivity index (χ1) is 14.8. The average Bonchev–Trinajstić information content (AvgIpc) is 2.77. The highest BCUT2D eigenvalue weighted by atomic mass is 35.5. The monoisotopic (exact) mass is 457 g/mol. The summed E-state index contributed by atoms with van der Waals surface area (Å²) in [4.78, 5) is 24.3. The molecule has 0 aromatic heterocycles. The van der Waals surface area contributed by atoms with Gasteiger partial charge in [-0.15, -0.1) is 0 Å². The summed E-state index contributed by atoms with van der Waals surface area (Å²) in [7, 11) is -4.00. The third kappa shape index (κ3) is 5.69. The number of carbonyl (C=O) groups excluding carboxylic acids is 2. The van der Waals surface area contributed by atoms with E-state index in [1.807, 2.05) is 6.07 Å². The first kappa shape index (κ1) is 22.5. The van der Waals surface area contributed by atoms with E-state index in [1.54, 1.807) is 54.6 Å². The molecule has 31 heavy (non-hydrogen) atoms. The molecule has 160 valence electrons. The molecule has 0 saturated carbocycles. The number of benzene rings is 3. The van der Waals surface area contributed by atoms with Crippen LogP contribution in [-0.4, -0.2) is 20.2 Å². The predicted molar refractivity (Wildman–Crippen MR) is 118 cm³/mol. The van der Waals surface area contributed by atoms with E-state index < -0.39 is 27.9 Å². The molecule has 0 aliphatic heterocycles. The maximum Gasteiger partial charge on any atom is 0.252 e. The fourth-order valence-electron chi connectivity index (χ4n) is 2.88. The quantitative estimate of drug-likeness (QED) is 0.482. The van der Waals surface area contributed by atoms with E-state index >= 15 is 0 Å². The minimum absolute atomic E-state index is 0.0201. The Morgan fingerprint density at radius 1 is 0.935 bits per heavy atom. The Morgan fingerprint density at radius 2 is 1.55 bits per heavy atom. The van der Waals surface area contributed by atoms with Crippen LogP contribution in [0.5, 0.6) is 0 Å². The van der Waals surface area contributed by atoms with Gasteiger partial charge in [-0.3, -0.25) is 9.59 Å². The number of hydrogen-bond acceptors (Lipinski definition) is 4. The second-order valence-electron chi connectivity index (χ2n) is 6.67. The van der Waals surface area contributed by atoms with Gasteiger partial charge in [0, 0.05) is 12.1 Å². The lowest BCUT2D eigenvalue weighted by atomic mass is 10.1. The van der Waals surface area contributed by atoms with Gasteiger partial charge in [-0.05, 0) is 29.3 Å². The van der Waals surface area contributed by atoms with Gasteiger partial charge in [-0.1, -0.05) is 72.3 Å². The van der Waals surface area contributed by atoms with Crippen molar-refractivity contribution < 1.29 is 18.0 Å². The fraction of sp³-hybridized carbons (Fsp3) is 0.0909. The van der Waals surface area contributed by atoms with Crippen LogP contribution in [0, 0.1) is 0 Å². The highest BCUT2D eigenvalue weighted by Gasteiger charge is 2.23. The van der Waals surface area contributed by atoms with Crippen LogP contribution in [0.1, 0.15) is 27.5 Å². The number of amides is 2. The van der Waals surface area contributed by atoms with Gasteiger partial charge in [0.15, 0.2) is 0 Å². The van der Waals surface area contributed by atoms with Crippen molar-refractivity contribution in [2.45, 2.75) is 17.5 Å². The molecule has 4 N–H and O–H groups in total. The number of rotatable bonds is 8. The summed E-state index contributed by atoms with van der Waals surface area (Å²) in [5.74, 6) is -1.41. The molecule has 0 radical (unpaired) electrons. The summed E-state index contributed by atoms with van der Waals surface area (Å²) in [5.41, 5.74) is 6.73. The normalized spacial score (nSPS) is 12.2. The van der Waals surface area contributed by atoms with Crippen molar-refractivity contribution in [3.8, 4) is 0 Å². The Labute approximate surface area is 185 Å². The topological polar surface area (TPSA) is 118 Å². The van der Waals surface area contributed by atoms with Crippen LogP contribution in [0.25, 0.3) is 0 Å². The molecule has 3 aromatic carbocycles. The average molecular weight is 458 g/mol. The second-order valence-corrected chi connectivity index (χ2v) is 8.82. The van der Waals surface area contributed by atoms with Crippen LogP contribution in [-0.2, 0) is 21.4 Å². The van der Waals surface area contributed by atoms with Gasteiger partial charge < -0.3 is 11.1 Å². The highest BCUT2D eigenvalue weighted by Crippen LogP contribution is 2.23. The zero-order valence-electron chi connectivity index (χ0n) is 16.3. The zero-order chi connectivity index (χ0) is 22.4. The van der Waals surface area contributed by atoms with Crippen molar-refractivity contribution in [2.75, 3.05) is 0 Å². The Bertz CT molecular complexity index is 1190. The van der Waals surface area contributed by atoms with Gasteiger partial charge >= 0.3 is 0 Å². The summed E-state index contributed by atoms with van der Waals surface area (Å²) >= 11 is 6.09. The molecular formula is C22H20ClN3O4S. The molecule has 0 heterocycles. The molecule has 0 unspecified atom stereocenters. The summed E-state index contributed by atoms with van der Waals surface area (Å²) in [6.07, 6.45) is 0. The smallest absolute Gasteiger partial charge is 0.252 e. The summed E-state index contributed by atoms with van der Waals surface area (Å²) in [6, 6.07) is 20.2. The Hall–Kier alpha value is -3.20. The molecule has 9 heteroatoms. The Morgan fingerprint density at radius 3 is 2.16 bits per heavy atom. The van der Waals surface area contributed by atoms with Gasteiger partial charge in [0.1, 0.15) is 10.9 Å². The number of nitrogens with one attached hydrogen (secondary N) is 2. The molecule has 7 nitrogen and oxygen atoms in total. The molecule has 0 saturated heterocycles. The number of carbonyl (C=O) groups is 2. The van der Waals surface area contributed by atoms with Crippen LogP contribution in [0.15, 0.2) is 83.8 Å². The molecule has 2 amide bonds. The van der Waals surface area contributed by atoms with E-state index in [9.17, 15) is 18.0 Å². The largest absolute Gasteiger partial charge is 0.368 e. The van der Waals surface area contributed by atoms with Crippen LogP contribution in [0.2, 0.25) is 5.02 Å². The number of primary amides is 1. The van der Waals surface area contributed by atoms with Gasteiger partial charge in [-0.2, -0.15) is 0 Å². The van der Waals surface area contributed by atoms with Crippen molar-refractivity contribution in [1.29, 1.82) is 0 Å². The molecule has 0 bridgehead atoms. The molecule has 0 spiro atoms. The van der Waals surface area contributed by atoms with E-state index in [-0.39, 0.29) is 22.0 Å². The van der Waals surface area contributed by atoms with Crippen LogP contribution >= 0.6 is 11.6 Å². The molecule has 0 fully saturated rings. The molecule has 0 aliphatic rings. The van der Waals surface area contributed by atoms with E-state index in [1.165, 1.54) is 12.1 Å². The second kappa shape index (κ2) is 9.74. The van der Waals surface area contributed by atoms with Crippen LogP contribution < -0.4 is 15.8 Å². The molecule has 3 aromatic rings. The lowest BCUT2D eigenvalue weighted by Gasteiger charge is -2.16. The first-order valence-corrected chi connectivity index (χ1v) is 11.1. The van der Waals surface area contributed by atoms with Crippen LogP contribution in [0.4, 0.5) is 0 Å². The highest BCUT2D eigenvalue weighted by molar-refractivity contribution is 7.89. The zero-order valence-corrected chi connectivity index (χ0v) is 17.9. The lowest BCUT2D eigenvalue weighted by molar-refractivity contribution is -0.120. The van der Waals surface area contributed by atoms with Gasteiger partial charge in [0.25, 0.3) is 5.91 Å². The van der Waals surface area contributed by atoms with Crippen molar-refractivity contribution >= 4 is 33.4 Å². The number of sulfonamides is 1. The number of hydrogen-bond donors (Lipinski definition) is 3. The summed E-state index contributed by atoms with van der Waals surface area (Å²) < 4.78 is 28.0. The van der Waals surface area contributed by atoms with Gasteiger partial charge in [0.2, 0.25) is 15.9 Å². The van der Waals surface area contributed by atoms with Crippen molar-refractivity contribution in [3.05, 3.63) is 101 Å². The maximum absolute atomic E-state index is 12.8. The lowest BCUT2D eigenvalue weighted by Crippen LogP contribution is -2.37. The molecule has 1 atom stereocenters. The van der Waals surface area contributed by atoms with Crippen molar-refractivity contribution in [2.24, 2.45) is 5.73 Å². The molecular weight excluding hydrogens is 438 g/mol. The Kier molecular flexibility index (Phi) is 7.06. The fourth-order valence-corrected chi connectivity index (χ4v) is 4.42. The van der Waals surface area contributed by atoms with E-state index in [4.69, 9.17) is 17.3 Å². The first-order valence-electron chi connectivity index (χ1n) is 9.26. The van der Waals surface area contributed by atoms with Crippen LogP contribution in [0.3, 0.4) is 0 Å². The third-order valence-corrected chi connectivity index (χ3v) is 6.37. The maximum atomic E-state index is 12.8. The van der Waals surface area contributed by atoms with Gasteiger partial charge in [0.05, 0.1) is 5.02 Å². The Balaban J connectivity index is 1.82. The number of nitrogens with two attached hydrogens (primary N) is 1. The summed E-state index contributed by atoms with van der Waals surface area (Å²) in [6.45, 7) is 0.0632. The molecule has 0 aliphatic carbocycles. The minimum Gasteiger partial charge on any atom is -0.368 e. The van der Waals surface area contributed by atoms with E-state index in [0.29, 0.717) is 5.56 Å². The summed E-state index contributed by atoms with van der Waals surface area (Å²) in [5, 5.41) is 2.50. The third-order valence-electron chi connectivity index (χ3n) is 4.48. The predicted octanol–water partition coefficient (Wildman–Crippen LogP) is 2.77. The standard InChI is InChI=1S/C22H20ClN3O4S/c23-18-12-11-17(22(28)26-20(21(24)27)16-9-5-2-6-10-16)13-19(18)31(29,30)25-14-15-7-3-1-4-8-15/h1-13,20,25H,14H2,(H2,24,27)(H,26,28)/t20-/m1/s1. The SMILES string of the molecule is NC(=O)[C@H](NC(=O)c1ccc(Cl)c(S(=O)(=O)NCc2ccccc2)c1)c1ccccc1. The van der Waals surface area contributed by atoms with Crippen molar-refractivity contribution in [3.63, 3.8) is 0 Å². The van der Waals surface area contributed by atoms with E-state index in [0.717, 1.165) is 11.6 Å². The van der Waals surface area contributed by atoms with E-state index in [2.05, 4.69) is 10.0 Å². The molecule has 3 rings (SSSR count). The number of halogens is 1. The minimum atomic E-state index is -4.00. The van der Waals surface area contributed by atoms with Gasteiger partial charge in [-0.25, -0.2) is 13.1 Å².